The maximum atomic E-state index is 13.8. The Hall–Kier alpha value is -2.99. The summed E-state index contributed by atoms with van der Waals surface area (Å²) >= 11 is 0. The second kappa shape index (κ2) is 7.93. The van der Waals surface area contributed by atoms with Gasteiger partial charge in [-0.15, -0.1) is 0 Å². The van der Waals surface area contributed by atoms with Gasteiger partial charge in [-0.05, 0) is 37.8 Å². The van der Waals surface area contributed by atoms with E-state index >= 15 is 0 Å². The van der Waals surface area contributed by atoms with Gasteiger partial charge in [-0.25, -0.2) is 4.98 Å². The van der Waals surface area contributed by atoms with Gasteiger partial charge in [0.15, 0.2) is 5.82 Å². The number of carbonyl (C=O) groups excluding carboxylic acids is 1. The number of hydrogen-bond donors (Lipinski definition) is 1. The largest absolute Gasteiger partial charge is 0.372 e. The molecular formula is C25H28N4O2. The Kier molecular flexibility index (Phi) is 5.10. The summed E-state index contributed by atoms with van der Waals surface area (Å²) in [6, 6.07) is 18.3. The number of rotatable bonds is 6. The molecule has 1 aliphatic carbocycles. The summed E-state index contributed by atoms with van der Waals surface area (Å²) in [5.41, 5.74) is 3.07. The molecule has 2 heterocycles. The van der Waals surface area contributed by atoms with E-state index < -0.39 is 5.41 Å². The minimum atomic E-state index is -0.406. The van der Waals surface area contributed by atoms with E-state index in [1.807, 2.05) is 30.0 Å². The zero-order valence-corrected chi connectivity index (χ0v) is 18.0. The van der Waals surface area contributed by atoms with Crippen LogP contribution in [0, 0.1) is 13.8 Å². The highest BCUT2D eigenvalue weighted by molar-refractivity contribution is 5.91. The normalized spacial score (nSPS) is 21.9. The van der Waals surface area contributed by atoms with E-state index in [1.54, 1.807) is 0 Å². The lowest BCUT2D eigenvalue weighted by Gasteiger charge is -2.27. The average molecular weight is 417 g/mol. The van der Waals surface area contributed by atoms with E-state index in [0.717, 1.165) is 29.8 Å². The SMILES string of the molecule is Cc1cccc(COC2CC(c3n[nH]c(C)n3)N(C(=O)C3(c4ccccc4)CC3)C2)c1. The predicted octanol–water partition coefficient (Wildman–Crippen LogP) is 4.01. The van der Waals surface area contributed by atoms with Crippen LogP contribution in [0.15, 0.2) is 54.6 Å². The van der Waals surface area contributed by atoms with Crippen molar-refractivity contribution in [3.63, 3.8) is 0 Å². The first-order chi connectivity index (χ1) is 15.0. The molecule has 1 amide bonds. The molecule has 1 saturated heterocycles. The monoisotopic (exact) mass is 416 g/mol. The molecule has 3 aromatic rings. The molecule has 2 aliphatic rings. The maximum absolute atomic E-state index is 13.8. The van der Waals surface area contributed by atoms with Crippen LogP contribution in [-0.2, 0) is 21.6 Å². The highest BCUT2D eigenvalue weighted by Gasteiger charge is 2.55. The molecule has 2 unspecified atom stereocenters. The molecule has 0 bridgehead atoms. The Morgan fingerprint density at radius 1 is 1.16 bits per heavy atom. The molecular weight excluding hydrogens is 388 g/mol. The van der Waals surface area contributed by atoms with E-state index in [-0.39, 0.29) is 18.1 Å². The Balaban J connectivity index is 1.37. The maximum Gasteiger partial charge on any atom is 0.233 e. The van der Waals surface area contributed by atoms with Crippen molar-refractivity contribution in [2.24, 2.45) is 0 Å². The Labute approximate surface area is 182 Å². The van der Waals surface area contributed by atoms with Gasteiger partial charge in [-0.2, -0.15) is 5.10 Å². The number of H-pyrrole nitrogens is 1. The van der Waals surface area contributed by atoms with E-state index in [9.17, 15) is 4.79 Å². The molecule has 31 heavy (non-hydrogen) atoms. The van der Waals surface area contributed by atoms with E-state index in [2.05, 4.69) is 58.5 Å². The lowest BCUT2D eigenvalue weighted by molar-refractivity contribution is -0.135. The lowest BCUT2D eigenvalue weighted by Crippen LogP contribution is -2.40. The van der Waals surface area contributed by atoms with Crippen LogP contribution in [0.3, 0.4) is 0 Å². The van der Waals surface area contributed by atoms with Crippen molar-refractivity contribution in [3.8, 4) is 0 Å². The fourth-order valence-electron chi connectivity index (χ4n) is 4.70. The van der Waals surface area contributed by atoms with Crippen LogP contribution in [0.1, 0.15) is 53.6 Å². The van der Waals surface area contributed by atoms with Crippen molar-refractivity contribution in [2.75, 3.05) is 6.54 Å². The topological polar surface area (TPSA) is 71.1 Å². The molecule has 0 radical (unpaired) electrons. The third-order valence-electron chi connectivity index (χ3n) is 6.49. The number of aromatic nitrogens is 3. The highest BCUT2D eigenvalue weighted by Crippen LogP contribution is 2.51. The second-order valence-corrected chi connectivity index (χ2v) is 8.86. The molecule has 160 valence electrons. The number of ether oxygens (including phenoxy) is 1. The average Bonchev–Trinajstić information content (AvgIpc) is 3.31. The smallest absolute Gasteiger partial charge is 0.233 e. The van der Waals surface area contributed by atoms with E-state index in [0.29, 0.717) is 25.4 Å². The van der Waals surface area contributed by atoms with Crippen molar-refractivity contribution in [3.05, 3.63) is 82.9 Å². The van der Waals surface area contributed by atoms with Crippen LogP contribution in [0.2, 0.25) is 0 Å². The number of aryl methyl sites for hydroxylation is 2. The Bertz CT molecular complexity index is 1070. The molecule has 1 aromatic heterocycles. The van der Waals surface area contributed by atoms with E-state index in [4.69, 9.17) is 4.74 Å². The molecule has 1 N–H and O–H groups in total. The van der Waals surface area contributed by atoms with Crippen molar-refractivity contribution in [1.82, 2.24) is 20.1 Å². The summed E-state index contributed by atoms with van der Waals surface area (Å²) in [5, 5.41) is 7.31. The first kappa shape index (κ1) is 19.9. The number of aromatic amines is 1. The predicted molar refractivity (Wildman–Crippen MR) is 117 cm³/mol. The van der Waals surface area contributed by atoms with Crippen LogP contribution in [-0.4, -0.2) is 38.6 Å². The van der Waals surface area contributed by atoms with Gasteiger partial charge in [0, 0.05) is 13.0 Å². The third kappa shape index (κ3) is 3.88. The van der Waals surface area contributed by atoms with Gasteiger partial charge in [-0.3, -0.25) is 9.89 Å². The first-order valence-corrected chi connectivity index (χ1v) is 11.0. The number of hydrogen-bond acceptors (Lipinski definition) is 4. The molecule has 2 fully saturated rings. The summed E-state index contributed by atoms with van der Waals surface area (Å²) in [4.78, 5) is 20.3. The number of nitrogens with one attached hydrogen (secondary N) is 1. The minimum absolute atomic E-state index is 0.0418. The number of likely N-dealkylation sites (tertiary alicyclic amines) is 1. The van der Waals surface area contributed by atoms with Gasteiger partial charge in [0.1, 0.15) is 5.82 Å². The van der Waals surface area contributed by atoms with Crippen LogP contribution in [0.5, 0.6) is 0 Å². The number of amides is 1. The zero-order valence-electron chi connectivity index (χ0n) is 18.0. The van der Waals surface area contributed by atoms with Crippen LogP contribution >= 0.6 is 0 Å². The van der Waals surface area contributed by atoms with Crippen LogP contribution in [0.25, 0.3) is 0 Å². The van der Waals surface area contributed by atoms with Gasteiger partial charge in [0.25, 0.3) is 0 Å². The summed E-state index contributed by atoms with van der Waals surface area (Å²) in [6.07, 6.45) is 2.45. The Morgan fingerprint density at radius 3 is 2.65 bits per heavy atom. The van der Waals surface area contributed by atoms with Gasteiger partial charge in [0.05, 0.1) is 24.2 Å². The van der Waals surface area contributed by atoms with Gasteiger partial charge in [-0.1, -0.05) is 60.2 Å². The quantitative estimate of drug-likeness (QED) is 0.659. The third-order valence-corrected chi connectivity index (χ3v) is 6.49. The molecule has 6 nitrogen and oxygen atoms in total. The zero-order chi connectivity index (χ0) is 21.4. The summed E-state index contributed by atoms with van der Waals surface area (Å²) in [5.74, 6) is 1.61. The number of benzene rings is 2. The van der Waals surface area contributed by atoms with E-state index in [1.165, 1.54) is 5.56 Å². The molecule has 0 spiro atoms. The summed E-state index contributed by atoms with van der Waals surface area (Å²) in [7, 11) is 0. The van der Waals surface area contributed by atoms with Crippen LogP contribution in [0.4, 0.5) is 0 Å². The molecule has 1 saturated carbocycles. The van der Waals surface area contributed by atoms with Gasteiger partial charge in [0.2, 0.25) is 5.91 Å². The van der Waals surface area contributed by atoms with Gasteiger partial charge >= 0.3 is 0 Å². The molecule has 6 heteroatoms. The van der Waals surface area contributed by atoms with Crippen molar-refractivity contribution >= 4 is 5.91 Å². The molecule has 5 rings (SSSR count). The highest BCUT2D eigenvalue weighted by atomic mass is 16.5. The summed E-state index contributed by atoms with van der Waals surface area (Å²) < 4.78 is 6.26. The fourth-order valence-corrected chi connectivity index (χ4v) is 4.70. The van der Waals surface area contributed by atoms with Crippen molar-refractivity contribution < 1.29 is 9.53 Å². The number of nitrogens with zero attached hydrogens (tertiary/aromatic N) is 3. The lowest BCUT2D eigenvalue weighted by atomic mass is 9.94. The van der Waals surface area contributed by atoms with Crippen molar-refractivity contribution in [1.29, 1.82) is 0 Å². The molecule has 2 aromatic carbocycles. The second-order valence-electron chi connectivity index (χ2n) is 8.86. The van der Waals surface area contributed by atoms with Crippen LogP contribution < -0.4 is 0 Å². The Morgan fingerprint density at radius 2 is 1.97 bits per heavy atom. The number of carbonyl (C=O) groups is 1. The van der Waals surface area contributed by atoms with Crippen molar-refractivity contribution in [2.45, 2.75) is 57.3 Å². The van der Waals surface area contributed by atoms with Gasteiger partial charge < -0.3 is 9.64 Å². The molecule has 2 atom stereocenters. The summed E-state index contributed by atoms with van der Waals surface area (Å²) in [6.45, 7) is 5.07. The fraction of sp³-hybridized carbons (Fsp3) is 0.400. The minimum Gasteiger partial charge on any atom is -0.372 e. The first-order valence-electron chi connectivity index (χ1n) is 11.0. The standard InChI is InChI=1S/C25H28N4O2/c1-17-7-6-8-19(13-17)16-31-21-14-22(23-26-18(2)27-28-23)29(15-21)24(30)25(11-12-25)20-9-4-3-5-10-20/h3-10,13,21-22H,11-12,14-16H2,1-2H3,(H,26,27,28). The molecule has 1 aliphatic heterocycles.